The molecule has 0 aliphatic heterocycles. The minimum atomic E-state index is -0.210. The van der Waals surface area contributed by atoms with Gasteiger partial charge in [-0.1, -0.05) is 89.6 Å². The topological polar surface area (TPSA) is 72.2 Å². The Morgan fingerprint density at radius 3 is 2.28 bits per heavy atom. The summed E-state index contributed by atoms with van der Waals surface area (Å²) in [4.78, 5) is 12.3. The number of carbonyl (C=O) groups is 1. The Morgan fingerprint density at radius 1 is 0.938 bits per heavy atom. The fraction of sp³-hybridized carbons (Fsp3) is 0.120. The van der Waals surface area contributed by atoms with Gasteiger partial charge < -0.3 is 0 Å². The van der Waals surface area contributed by atoms with Gasteiger partial charge in [0.05, 0.1) is 12.0 Å². The molecule has 1 aromatic heterocycles. The van der Waals surface area contributed by atoms with Gasteiger partial charge in [-0.15, -0.1) is 10.2 Å². The number of benzene rings is 3. The van der Waals surface area contributed by atoms with Crippen LogP contribution in [0.25, 0.3) is 17.1 Å². The molecule has 0 aliphatic carbocycles. The molecule has 0 saturated carbocycles. The molecule has 0 radical (unpaired) electrons. The zero-order chi connectivity index (χ0) is 22.3. The number of amides is 1. The summed E-state index contributed by atoms with van der Waals surface area (Å²) < 4.78 is 1.97. The number of hydrogen-bond acceptors (Lipinski definition) is 5. The number of rotatable bonds is 7. The van der Waals surface area contributed by atoms with Crippen LogP contribution >= 0.6 is 11.8 Å². The summed E-state index contributed by atoms with van der Waals surface area (Å²) in [6.07, 6.45) is 1.63. The molecule has 0 spiro atoms. The molecule has 3 aromatic carbocycles. The largest absolute Gasteiger partial charge is 0.272 e. The third-order valence-electron chi connectivity index (χ3n) is 4.77. The van der Waals surface area contributed by atoms with Crippen molar-refractivity contribution in [1.29, 1.82) is 0 Å². The van der Waals surface area contributed by atoms with E-state index in [1.165, 1.54) is 22.9 Å². The van der Waals surface area contributed by atoms with Crippen LogP contribution in [0.4, 0.5) is 0 Å². The van der Waals surface area contributed by atoms with Gasteiger partial charge in [-0.3, -0.25) is 9.36 Å². The smallest absolute Gasteiger partial charge is 0.250 e. The second-order valence-electron chi connectivity index (χ2n) is 7.34. The molecule has 6 nitrogen and oxygen atoms in total. The number of hydrazone groups is 1. The zero-order valence-corrected chi connectivity index (χ0v) is 18.7. The molecule has 160 valence electrons. The fourth-order valence-corrected chi connectivity index (χ4v) is 3.80. The highest BCUT2D eigenvalue weighted by atomic mass is 32.2. The highest BCUT2D eigenvalue weighted by molar-refractivity contribution is 7.99. The average molecular weight is 442 g/mol. The molecule has 7 heteroatoms. The van der Waals surface area contributed by atoms with E-state index in [1.807, 2.05) is 97.3 Å². The van der Waals surface area contributed by atoms with Gasteiger partial charge in [0.1, 0.15) is 0 Å². The van der Waals surface area contributed by atoms with Crippen LogP contribution < -0.4 is 5.43 Å². The predicted octanol–water partition coefficient (Wildman–Crippen LogP) is 4.79. The van der Waals surface area contributed by atoms with E-state index in [9.17, 15) is 4.79 Å². The number of nitrogens with one attached hydrogen (secondary N) is 1. The second-order valence-corrected chi connectivity index (χ2v) is 8.28. The van der Waals surface area contributed by atoms with E-state index in [-0.39, 0.29) is 11.7 Å². The summed E-state index contributed by atoms with van der Waals surface area (Å²) >= 11 is 1.32. The molecule has 1 heterocycles. The van der Waals surface area contributed by atoms with Gasteiger partial charge in [-0.25, -0.2) is 5.43 Å². The SMILES string of the molecule is Cc1ccc(/C=N\NC(=O)CSc2nnc(-c3ccc(C)cc3)n2-c2ccccc2)cc1. The summed E-state index contributed by atoms with van der Waals surface area (Å²) in [6.45, 7) is 4.07. The zero-order valence-electron chi connectivity index (χ0n) is 17.9. The van der Waals surface area contributed by atoms with E-state index < -0.39 is 0 Å². The fourth-order valence-electron chi connectivity index (χ4n) is 3.06. The van der Waals surface area contributed by atoms with E-state index in [1.54, 1.807) is 6.21 Å². The van der Waals surface area contributed by atoms with E-state index in [0.717, 1.165) is 22.6 Å². The normalized spacial score (nSPS) is 11.1. The Hall–Kier alpha value is -3.71. The van der Waals surface area contributed by atoms with Crippen molar-refractivity contribution in [1.82, 2.24) is 20.2 Å². The lowest BCUT2D eigenvalue weighted by atomic mass is 10.1. The highest BCUT2D eigenvalue weighted by Gasteiger charge is 2.17. The number of carbonyl (C=O) groups excluding carboxylic acids is 1. The quantitative estimate of drug-likeness (QED) is 0.254. The van der Waals surface area contributed by atoms with Crippen molar-refractivity contribution < 1.29 is 4.79 Å². The average Bonchev–Trinajstić information content (AvgIpc) is 3.24. The number of hydrogen-bond donors (Lipinski definition) is 1. The van der Waals surface area contributed by atoms with Gasteiger partial charge in [0.25, 0.3) is 5.91 Å². The van der Waals surface area contributed by atoms with E-state index in [0.29, 0.717) is 5.16 Å². The first-order chi connectivity index (χ1) is 15.6. The lowest BCUT2D eigenvalue weighted by Crippen LogP contribution is -2.20. The minimum Gasteiger partial charge on any atom is -0.272 e. The van der Waals surface area contributed by atoms with Crippen LogP contribution in [0.1, 0.15) is 16.7 Å². The summed E-state index contributed by atoms with van der Waals surface area (Å²) in [7, 11) is 0. The second kappa shape index (κ2) is 10.1. The molecule has 0 fully saturated rings. The predicted molar refractivity (Wildman–Crippen MR) is 129 cm³/mol. The van der Waals surface area contributed by atoms with Crippen LogP contribution in [0, 0.1) is 13.8 Å². The maximum absolute atomic E-state index is 12.3. The third kappa shape index (κ3) is 5.31. The van der Waals surface area contributed by atoms with Crippen molar-refractivity contribution in [3.63, 3.8) is 0 Å². The Balaban J connectivity index is 1.49. The first kappa shape index (κ1) is 21.5. The first-order valence-corrected chi connectivity index (χ1v) is 11.2. The van der Waals surface area contributed by atoms with Crippen LogP contribution in [0.15, 0.2) is 89.1 Å². The van der Waals surface area contributed by atoms with Gasteiger partial charge in [-0.05, 0) is 31.5 Å². The Morgan fingerprint density at radius 2 is 1.59 bits per heavy atom. The van der Waals surface area contributed by atoms with Crippen LogP contribution in [-0.4, -0.2) is 32.6 Å². The molecule has 1 amide bonds. The molecule has 4 rings (SSSR count). The van der Waals surface area contributed by atoms with Gasteiger partial charge in [-0.2, -0.15) is 5.10 Å². The standard InChI is InChI=1S/C25H23N5OS/c1-18-8-12-20(13-9-18)16-26-27-23(31)17-32-25-29-28-24(21-14-10-19(2)11-15-21)30(25)22-6-4-3-5-7-22/h3-16H,17H2,1-2H3,(H,27,31)/b26-16-. The minimum absolute atomic E-state index is 0.171. The summed E-state index contributed by atoms with van der Waals surface area (Å²) in [6, 6.07) is 26.0. The van der Waals surface area contributed by atoms with Gasteiger partial charge >= 0.3 is 0 Å². The van der Waals surface area contributed by atoms with Crippen molar-refractivity contribution >= 4 is 23.9 Å². The number of nitrogens with zero attached hydrogens (tertiary/aromatic N) is 4. The Bertz CT molecular complexity index is 1220. The van der Waals surface area contributed by atoms with Crippen molar-refractivity contribution in [3.8, 4) is 17.1 Å². The molecule has 0 bridgehead atoms. The van der Waals surface area contributed by atoms with E-state index >= 15 is 0 Å². The van der Waals surface area contributed by atoms with Gasteiger partial charge in [0, 0.05) is 11.3 Å². The Labute approximate surface area is 191 Å². The maximum Gasteiger partial charge on any atom is 0.250 e. The Kier molecular flexibility index (Phi) is 6.77. The van der Waals surface area contributed by atoms with E-state index in [2.05, 4.69) is 20.7 Å². The molecular weight excluding hydrogens is 418 g/mol. The molecule has 0 atom stereocenters. The number of para-hydroxylation sites is 1. The van der Waals surface area contributed by atoms with Crippen LogP contribution in [0.2, 0.25) is 0 Å². The van der Waals surface area contributed by atoms with Crippen molar-refractivity contribution in [3.05, 3.63) is 95.6 Å². The molecule has 0 unspecified atom stereocenters. The lowest BCUT2D eigenvalue weighted by Gasteiger charge is -2.10. The van der Waals surface area contributed by atoms with Gasteiger partial charge in [0.2, 0.25) is 0 Å². The number of thioether (sulfide) groups is 1. The molecular formula is C25H23N5OS. The first-order valence-electron chi connectivity index (χ1n) is 10.2. The summed E-state index contributed by atoms with van der Waals surface area (Å²) in [5.41, 5.74) is 7.75. The monoisotopic (exact) mass is 441 g/mol. The van der Waals surface area contributed by atoms with Crippen LogP contribution in [-0.2, 0) is 4.79 Å². The lowest BCUT2D eigenvalue weighted by molar-refractivity contribution is -0.118. The van der Waals surface area contributed by atoms with Gasteiger partial charge in [0.15, 0.2) is 11.0 Å². The van der Waals surface area contributed by atoms with Crippen molar-refractivity contribution in [2.24, 2.45) is 5.10 Å². The third-order valence-corrected chi connectivity index (χ3v) is 5.70. The number of aromatic nitrogens is 3. The summed E-state index contributed by atoms with van der Waals surface area (Å²) in [5.74, 6) is 0.693. The highest BCUT2D eigenvalue weighted by Crippen LogP contribution is 2.28. The van der Waals surface area contributed by atoms with Crippen LogP contribution in [0.5, 0.6) is 0 Å². The van der Waals surface area contributed by atoms with E-state index in [4.69, 9.17) is 0 Å². The van der Waals surface area contributed by atoms with Crippen LogP contribution in [0.3, 0.4) is 0 Å². The number of aryl methyl sites for hydroxylation is 2. The summed E-state index contributed by atoms with van der Waals surface area (Å²) in [5, 5.41) is 13.5. The van der Waals surface area contributed by atoms with Crippen molar-refractivity contribution in [2.75, 3.05) is 5.75 Å². The maximum atomic E-state index is 12.3. The molecule has 1 N–H and O–H groups in total. The van der Waals surface area contributed by atoms with Crippen molar-refractivity contribution in [2.45, 2.75) is 19.0 Å². The molecule has 32 heavy (non-hydrogen) atoms. The molecule has 0 aliphatic rings. The molecule has 0 saturated heterocycles. The molecule has 4 aromatic rings.